The summed E-state index contributed by atoms with van der Waals surface area (Å²) < 4.78 is 0. The summed E-state index contributed by atoms with van der Waals surface area (Å²) in [5.41, 5.74) is 0. The lowest BCUT2D eigenvalue weighted by Gasteiger charge is -1.88. The standard InChI is InChI=1S/C6H8.C2H2/c1-2-4-6-5-3-1;1-2/h1-4H,5-6H2;1-2H. The summed E-state index contributed by atoms with van der Waals surface area (Å²) >= 11 is 0. The predicted octanol–water partition coefficient (Wildman–Crippen LogP) is 2.14. The topological polar surface area (TPSA) is 0 Å². The van der Waals surface area contributed by atoms with Crippen molar-refractivity contribution < 1.29 is 0 Å². The summed E-state index contributed by atoms with van der Waals surface area (Å²) in [5.74, 6) is 0. The molecule has 0 heterocycles. The Bertz CT molecular complexity index is 92.5. The Morgan fingerprint density at radius 1 is 0.875 bits per heavy atom. The van der Waals surface area contributed by atoms with Crippen LogP contribution in [0.3, 0.4) is 0 Å². The van der Waals surface area contributed by atoms with Crippen molar-refractivity contribution in [2.24, 2.45) is 0 Å². The van der Waals surface area contributed by atoms with Crippen molar-refractivity contribution in [1.29, 1.82) is 0 Å². The van der Waals surface area contributed by atoms with Crippen molar-refractivity contribution in [2.75, 3.05) is 0 Å². The van der Waals surface area contributed by atoms with Gasteiger partial charge in [0.05, 0.1) is 0 Å². The third kappa shape index (κ3) is 3.24. The summed E-state index contributed by atoms with van der Waals surface area (Å²) in [6.45, 7) is 0. The van der Waals surface area contributed by atoms with Gasteiger partial charge in [-0.3, -0.25) is 0 Å². The van der Waals surface area contributed by atoms with E-state index in [9.17, 15) is 0 Å². The largest absolute Gasteiger partial charge is 0.124 e. The average molecular weight is 106 g/mol. The molecule has 0 nitrogen and oxygen atoms in total. The molecule has 0 aliphatic heterocycles. The van der Waals surface area contributed by atoms with Gasteiger partial charge in [-0.05, 0) is 12.8 Å². The Morgan fingerprint density at radius 3 is 1.38 bits per heavy atom. The van der Waals surface area contributed by atoms with Gasteiger partial charge in [0.2, 0.25) is 0 Å². The van der Waals surface area contributed by atoms with Crippen LogP contribution in [0.5, 0.6) is 0 Å². The van der Waals surface area contributed by atoms with E-state index >= 15 is 0 Å². The van der Waals surface area contributed by atoms with Crippen LogP contribution < -0.4 is 0 Å². The Balaban J connectivity index is 0.000000222. The van der Waals surface area contributed by atoms with E-state index in [1.807, 2.05) is 0 Å². The van der Waals surface area contributed by atoms with Gasteiger partial charge in [-0.2, -0.15) is 0 Å². The van der Waals surface area contributed by atoms with Crippen molar-refractivity contribution in [1.82, 2.24) is 0 Å². The molecule has 1 aliphatic carbocycles. The second kappa shape index (κ2) is 6.04. The van der Waals surface area contributed by atoms with Gasteiger partial charge < -0.3 is 0 Å². The van der Waals surface area contributed by atoms with Crippen LogP contribution in [0.1, 0.15) is 12.8 Å². The van der Waals surface area contributed by atoms with E-state index in [4.69, 9.17) is 0 Å². The number of rotatable bonds is 0. The third-order valence-corrected chi connectivity index (χ3v) is 0.883. The van der Waals surface area contributed by atoms with Crippen molar-refractivity contribution in [3.05, 3.63) is 24.3 Å². The van der Waals surface area contributed by atoms with Gasteiger partial charge in [0, 0.05) is 0 Å². The van der Waals surface area contributed by atoms with Gasteiger partial charge in [-0.25, -0.2) is 0 Å². The van der Waals surface area contributed by atoms with Crippen molar-refractivity contribution in [3.8, 4) is 12.8 Å². The van der Waals surface area contributed by atoms with Crippen LogP contribution in [0.25, 0.3) is 0 Å². The molecule has 0 unspecified atom stereocenters. The highest BCUT2D eigenvalue weighted by molar-refractivity contribution is 5.07. The maximum atomic E-state index is 4.00. The maximum absolute atomic E-state index is 4.00. The van der Waals surface area contributed by atoms with E-state index in [2.05, 4.69) is 37.2 Å². The highest BCUT2D eigenvalue weighted by atomic mass is 13.8. The Labute approximate surface area is 50.9 Å². The molecular formula is C8H10. The van der Waals surface area contributed by atoms with Gasteiger partial charge in [0.15, 0.2) is 0 Å². The molecule has 0 fully saturated rings. The molecule has 0 aromatic carbocycles. The first-order valence-corrected chi connectivity index (χ1v) is 2.65. The second-order valence-corrected chi connectivity index (χ2v) is 1.43. The normalized spacial score (nSPS) is 14.2. The van der Waals surface area contributed by atoms with Crippen molar-refractivity contribution >= 4 is 0 Å². The fourth-order valence-corrected chi connectivity index (χ4v) is 0.542. The minimum absolute atomic E-state index is 1.23. The fraction of sp³-hybridized carbons (Fsp3) is 0.250. The smallest absolute Gasteiger partial charge is 0.0313 e. The number of allylic oxidation sites excluding steroid dienone is 4. The van der Waals surface area contributed by atoms with Gasteiger partial charge in [-0.1, -0.05) is 24.3 Å². The lowest BCUT2D eigenvalue weighted by Crippen LogP contribution is -1.67. The third-order valence-electron chi connectivity index (χ3n) is 0.883. The lowest BCUT2D eigenvalue weighted by molar-refractivity contribution is 1.04. The van der Waals surface area contributed by atoms with Crippen molar-refractivity contribution in [3.63, 3.8) is 0 Å². The first-order valence-electron chi connectivity index (χ1n) is 2.65. The molecule has 0 N–H and O–H groups in total. The second-order valence-electron chi connectivity index (χ2n) is 1.43. The minimum atomic E-state index is 1.23. The summed E-state index contributed by atoms with van der Waals surface area (Å²) in [6, 6.07) is 0. The number of hydrogen-bond donors (Lipinski definition) is 0. The van der Waals surface area contributed by atoms with E-state index in [0.717, 1.165) is 0 Å². The minimum Gasteiger partial charge on any atom is -0.124 e. The Hall–Kier alpha value is -0.960. The zero-order valence-electron chi connectivity index (χ0n) is 4.88. The lowest BCUT2D eigenvalue weighted by atomic mass is 10.2. The Morgan fingerprint density at radius 2 is 1.25 bits per heavy atom. The molecule has 1 aliphatic rings. The molecule has 0 radical (unpaired) electrons. The molecule has 0 heteroatoms. The molecule has 0 saturated heterocycles. The summed E-state index contributed by atoms with van der Waals surface area (Å²) in [7, 11) is 0. The SMILES string of the molecule is C#C.C1=CCCC=C1. The predicted molar refractivity (Wildman–Crippen MR) is 37.4 cm³/mol. The van der Waals surface area contributed by atoms with Crippen LogP contribution in [0, 0.1) is 12.8 Å². The van der Waals surface area contributed by atoms with Gasteiger partial charge in [0.25, 0.3) is 0 Å². The Kier molecular flexibility index (Phi) is 5.32. The van der Waals surface area contributed by atoms with Crippen LogP contribution in [0.4, 0.5) is 0 Å². The summed E-state index contributed by atoms with van der Waals surface area (Å²) in [4.78, 5) is 0. The highest BCUT2D eigenvalue weighted by Crippen LogP contribution is 1.98. The molecule has 1 rings (SSSR count). The van der Waals surface area contributed by atoms with E-state index in [1.165, 1.54) is 12.8 Å². The molecule has 0 aromatic heterocycles. The highest BCUT2D eigenvalue weighted by Gasteiger charge is 1.77. The monoisotopic (exact) mass is 106 g/mol. The summed E-state index contributed by atoms with van der Waals surface area (Å²) in [6.07, 6.45) is 19.0. The average Bonchev–Trinajstić information content (AvgIpc) is 1.96. The molecule has 0 bridgehead atoms. The van der Waals surface area contributed by atoms with Crippen LogP contribution in [0.2, 0.25) is 0 Å². The van der Waals surface area contributed by atoms with Gasteiger partial charge in [-0.15, -0.1) is 12.8 Å². The zero-order valence-corrected chi connectivity index (χ0v) is 4.88. The molecular weight excluding hydrogens is 96.1 g/mol. The first kappa shape index (κ1) is 7.04. The maximum Gasteiger partial charge on any atom is -0.0313 e. The molecule has 0 amide bonds. The molecule has 0 atom stereocenters. The van der Waals surface area contributed by atoms with Crippen molar-refractivity contribution in [2.45, 2.75) is 12.8 Å². The fourth-order valence-electron chi connectivity index (χ4n) is 0.542. The van der Waals surface area contributed by atoms with E-state index in [0.29, 0.717) is 0 Å². The molecule has 0 aromatic rings. The molecule has 8 heavy (non-hydrogen) atoms. The van der Waals surface area contributed by atoms with E-state index in [1.54, 1.807) is 0 Å². The van der Waals surface area contributed by atoms with Crippen LogP contribution in [0.15, 0.2) is 24.3 Å². The van der Waals surface area contributed by atoms with Crippen LogP contribution >= 0.6 is 0 Å². The first-order chi connectivity index (χ1) is 4.00. The molecule has 42 valence electrons. The quantitative estimate of drug-likeness (QED) is 0.415. The van der Waals surface area contributed by atoms with E-state index in [-0.39, 0.29) is 0 Å². The molecule has 0 saturated carbocycles. The molecule has 0 spiro atoms. The van der Waals surface area contributed by atoms with Crippen LogP contribution in [-0.4, -0.2) is 0 Å². The summed E-state index contributed by atoms with van der Waals surface area (Å²) in [5, 5.41) is 0. The van der Waals surface area contributed by atoms with Gasteiger partial charge in [0.1, 0.15) is 0 Å². The van der Waals surface area contributed by atoms with Crippen LogP contribution in [-0.2, 0) is 0 Å². The number of terminal acetylenes is 1. The number of hydrogen-bond acceptors (Lipinski definition) is 0. The van der Waals surface area contributed by atoms with Gasteiger partial charge >= 0.3 is 0 Å². The van der Waals surface area contributed by atoms with E-state index < -0.39 is 0 Å². The zero-order chi connectivity index (χ0) is 6.24.